The number of imidazole rings is 2. The molecule has 0 radical (unpaired) electrons. The van der Waals surface area contributed by atoms with Crippen LogP contribution in [0.1, 0.15) is 5.82 Å². The molecule has 0 bridgehead atoms. The molecule has 0 aliphatic carbocycles. The van der Waals surface area contributed by atoms with E-state index in [-0.39, 0.29) is 11.6 Å². The zero-order valence-corrected chi connectivity index (χ0v) is 10.3. The topological polar surface area (TPSA) is 83.9 Å². The van der Waals surface area contributed by atoms with Gasteiger partial charge in [-0.2, -0.15) is 4.31 Å². The Hall–Kier alpha value is -1.67. The van der Waals surface area contributed by atoms with Crippen molar-refractivity contribution in [2.45, 2.75) is 11.6 Å². The fourth-order valence-electron chi connectivity index (χ4n) is 1.39. The molecule has 0 spiro atoms. The normalized spacial score (nSPS) is 12.2. The Bertz CT molecular complexity index is 587. The molecule has 7 nitrogen and oxygen atoms in total. The largest absolute Gasteiger partial charge is 0.337 e. The third-order valence-corrected chi connectivity index (χ3v) is 4.18. The molecule has 2 aromatic heterocycles. The summed E-state index contributed by atoms with van der Waals surface area (Å²) in [5, 5.41) is 0.0780. The summed E-state index contributed by atoms with van der Waals surface area (Å²) < 4.78 is 27.1. The maximum absolute atomic E-state index is 12.0. The Morgan fingerprint density at radius 2 is 2.29 bits per heavy atom. The van der Waals surface area contributed by atoms with Gasteiger partial charge >= 0.3 is 0 Å². The number of H-pyrrole nitrogens is 1. The van der Waals surface area contributed by atoms with Gasteiger partial charge in [-0.05, 0) is 0 Å². The summed E-state index contributed by atoms with van der Waals surface area (Å²) in [6.07, 6.45) is 6.02. The maximum atomic E-state index is 12.0. The molecule has 92 valence electrons. The van der Waals surface area contributed by atoms with E-state index in [1.54, 1.807) is 17.0 Å². The SMILES string of the molecule is CN(Cc1nccn1C)S(=O)(=O)c1cnc[nH]1. The number of aromatic nitrogens is 4. The monoisotopic (exact) mass is 255 g/mol. The first kappa shape index (κ1) is 11.8. The van der Waals surface area contributed by atoms with Crippen molar-refractivity contribution in [2.24, 2.45) is 7.05 Å². The molecule has 8 heteroatoms. The van der Waals surface area contributed by atoms with Crippen LogP contribution >= 0.6 is 0 Å². The van der Waals surface area contributed by atoms with E-state index in [1.807, 2.05) is 7.05 Å². The first-order valence-electron chi connectivity index (χ1n) is 4.92. The van der Waals surface area contributed by atoms with Crippen LogP contribution in [0, 0.1) is 0 Å². The number of nitrogens with one attached hydrogen (secondary N) is 1. The maximum Gasteiger partial charge on any atom is 0.260 e. The Kier molecular flexibility index (Phi) is 2.99. The lowest BCUT2D eigenvalue weighted by molar-refractivity contribution is 0.449. The van der Waals surface area contributed by atoms with E-state index in [9.17, 15) is 8.42 Å². The van der Waals surface area contributed by atoms with E-state index in [4.69, 9.17) is 0 Å². The third kappa shape index (κ3) is 2.22. The first-order valence-corrected chi connectivity index (χ1v) is 6.36. The van der Waals surface area contributed by atoms with E-state index in [0.29, 0.717) is 5.82 Å². The summed E-state index contributed by atoms with van der Waals surface area (Å²) in [7, 11) is -0.203. The average molecular weight is 255 g/mol. The minimum Gasteiger partial charge on any atom is -0.337 e. The Balaban J connectivity index is 2.22. The molecule has 0 aliphatic heterocycles. The highest BCUT2D eigenvalue weighted by molar-refractivity contribution is 7.89. The van der Waals surface area contributed by atoms with Crippen LogP contribution in [0.15, 0.2) is 29.9 Å². The van der Waals surface area contributed by atoms with Gasteiger partial charge in [0.2, 0.25) is 0 Å². The van der Waals surface area contributed by atoms with Crippen LogP contribution in [0.4, 0.5) is 0 Å². The standard InChI is InChI=1S/C9H13N5O2S/c1-13-4-3-11-8(13)6-14(2)17(15,16)9-5-10-7-12-9/h3-5,7H,6H2,1-2H3,(H,10,12). The summed E-state index contributed by atoms with van der Waals surface area (Å²) in [6, 6.07) is 0. The molecule has 2 aromatic rings. The summed E-state index contributed by atoms with van der Waals surface area (Å²) >= 11 is 0. The summed E-state index contributed by atoms with van der Waals surface area (Å²) in [5.41, 5.74) is 0. The van der Waals surface area contributed by atoms with Gasteiger partial charge in [-0.15, -0.1) is 0 Å². The third-order valence-electron chi connectivity index (χ3n) is 2.45. The van der Waals surface area contributed by atoms with Crippen molar-refractivity contribution < 1.29 is 8.42 Å². The van der Waals surface area contributed by atoms with Crippen LogP contribution in [-0.2, 0) is 23.6 Å². The fraction of sp³-hybridized carbons (Fsp3) is 0.333. The van der Waals surface area contributed by atoms with Gasteiger partial charge in [0, 0.05) is 26.5 Å². The van der Waals surface area contributed by atoms with E-state index in [1.165, 1.54) is 23.9 Å². The Labute approximate surface area is 99.2 Å². The summed E-state index contributed by atoms with van der Waals surface area (Å²) in [6.45, 7) is 0.213. The molecule has 2 rings (SSSR count). The van der Waals surface area contributed by atoms with Crippen LogP contribution in [0.25, 0.3) is 0 Å². The average Bonchev–Trinajstić information content (AvgIpc) is 2.90. The first-order chi connectivity index (χ1) is 8.01. The summed E-state index contributed by atoms with van der Waals surface area (Å²) in [4.78, 5) is 10.4. The molecule has 0 unspecified atom stereocenters. The Morgan fingerprint density at radius 3 is 2.82 bits per heavy atom. The van der Waals surface area contributed by atoms with Crippen molar-refractivity contribution in [1.29, 1.82) is 0 Å². The van der Waals surface area contributed by atoms with Crippen LogP contribution in [-0.4, -0.2) is 39.3 Å². The second-order valence-electron chi connectivity index (χ2n) is 3.63. The van der Waals surface area contributed by atoms with E-state index >= 15 is 0 Å². The molecule has 0 aromatic carbocycles. The molecule has 0 amide bonds. The quantitative estimate of drug-likeness (QED) is 0.831. The van der Waals surface area contributed by atoms with Crippen LogP contribution in [0.5, 0.6) is 0 Å². The highest BCUT2D eigenvalue weighted by Gasteiger charge is 2.23. The van der Waals surface area contributed by atoms with Crippen LogP contribution in [0.2, 0.25) is 0 Å². The molecule has 0 atom stereocenters. The minimum absolute atomic E-state index is 0.0780. The number of hydrogen-bond acceptors (Lipinski definition) is 4. The van der Waals surface area contributed by atoms with E-state index < -0.39 is 10.0 Å². The number of aromatic amines is 1. The van der Waals surface area contributed by atoms with Gasteiger partial charge in [0.15, 0.2) is 5.03 Å². The molecule has 0 saturated carbocycles. The number of rotatable bonds is 4. The van der Waals surface area contributed by atoms with Crippen molar-refractivity contribution in [3.05, 3.63) is 30.7 Å². The van der Waals surface area contributed by atoms with Crippen LogP contribution < -0.4 is 0 Å². The molecular weight excluding hydrogens is 242 g/mol. The van der Waals surface area contributed by atoms with E-state index in [0.717, 1.165) is 0 Å². The minimum atomic E-state index is -3.53. The lowest BCUT2D eigenvalue weighted by Gasteiger charge is -2.15. The number of hydrogen-bond donors (Lipinski definition) is 1. The second kappa shape index (κ2) is 4.30. The smallest absolute Gasteiger partial charge is 0.260 e. The highest BCUT2D eigenvalue weighted by atomic mass is 32.2. The van der Waals surface area contributed by atoms with Gasteiger partial charge in [-0.25, -0.2) is 18.4 Å². The molecule has 17 heavy (non-hydrogen) atoms. The number of aryl methyl sites for hydroxylation is 1. The molecular formula is C9H13N5O2S. The zero-order chi connectivity index (χ0) is 12.5. The van der Waals surface area contributed by atoms with Gasteiger partial charge in [0.05, 0.1) is 19.1 Å². The molecule has 2 heterocycles. The molecule has 0 aliphatic rings. The van der Waals surface area contributed by atoms with Crippen LogP contribution in [0.3, 0.4) is 0 Å². The molecule has 0 saturated heterocycles. The van der Waals surface area contributed by atoms with Crippen molar-refractivity contribution in [1.82, 2.24) is 23.8 Å². The number of nitrogens with zero attached hydrogens (tertiary/aromatic N) is 4. The predicted molar refractivity (Wildman–Crippen MR) is 60.4 cm³/mol. The second-order valence-corrected chi connectivity index (χ2v) is 5.64. The van der Waals surface area contributed by atoms with Gasteiger partial charge in [0.25, 0.3) is 10.0 Å². The molecule has 1 N–H and O–H groups in total. The predicted octanol–water partition coefficient (Wildman–Crippen LogP) is -0.0361. The van der Waals surface area contributed by atoms with Crippen molar-refractivity contribution in [2.75, 3.05) is 7.05 Å². The zero-order valence-electron chi connectivity index (χ0n) is 9.53. The fourth-order valence-corrected chi connectivity index (χ4v) is 2.40. The van der Waals surface area contributed by atoms with Crippen molar-refractivity contribution >= 4 is 10.0 Å². The van der Waals surface area contributed by atoms with Gasteiger partial charge in [-0.3, -0.25) is 0 Å². The number of sulfonamides is 1. The van der Waals surface area contributed by atoms with Gasteiger partial charge < -0.3 is 9.55 Å². The lowest BCUT2D eigenvalue weighted by Crippen LogP contribution is -2.28. The lowest BCUT2D eigenvalue weighted by atomic mass is 10.6. The van der Waals surface area contributed by atoms with E-state index in [2.05, 4.69) is 15.0 Å². The Morgan fingerprint density at radius 1 is 1.53 bits per heavy atom. The van der Waals surface area contributed by atoms with Gasteiger partial charge in [0.1, 0.15) is 5.82 Å². The van der Waals surface area contributed by atoms with Gasteiger partial charge in [-0.1, -0.05) is 0 Å². The highest BCUT2D eigenvalue weighted by Crippen LogP contribution is 2.12. The van der Waals surface area contributed by atoms with Crippen molar-refractivity contribution in [3.8, 4) is 0 Å². The van der Waals surface area contributed by atoms with Crippen molar-refractivity contribution in [3.63, 3.8) is 0 Å². The summed E-state index contributed by atoms with van der Waals surface area (Å²) in [5.74, 6) is 0.676. The molecule has 0 fully saturated rings.